The molecular formula is C29H35N3O4S. The van der Waals surface area contributed by atoms with Crippen LogP contribution in [0.5, 0.6) is 0 Å². The van der Waals surface area contributed by atoms with Gasteiger partial charge in [-0.05, 0) is 57.0 Å². The van der Waals surface area contributed by atoms with E-state index in [-0.39, 0.29) is 17.3 Å². The van der Waals surface area contributed by atoms with Crippen LogP contribution < -0.4 is 9.62 Å². The molecule has 0 aromatic heterocycles. The highest BCUT2D eigenvalue weighted by molar-refractivity contribution is 7.92. The molecule has 8 heteroatoms. The number of amides is 2. The zero-order valence-electron chi connectivity index (χ0n) is 21.8. The number of likely N-dealkylation sites (N-methyl/N-ethyl adjacent to an activating group) is 1. The number of rotatable bonds is 11. The maximum atomic E-state index is 13.9. The Balaban J connectivity index is 2.03. The number of hydrogen-bond donors (Lipinski definition) is 1. The average molecular weight is 522 g/mol. The van der Waals surface area contributed by atoms with Gasteiger partial charge in [-0.15, -0.1) is 0 Å². The second kappa shape index (κ2) is 12.5. The summed E-state index contributed by atoms with van der Waals surface area (Å²) in [7, 11) is -4.05. The normalized spacial score (nSPS) is 12.0. The van der Waals surface area contributed by atoms with E-state index in [1.165, 1.54) is 17.0 Å². The van der Waals surface area contributed by atoms with Gasteiger partial charge in [0.2, 0.25) is 11.8 Å². The Hall–Kier alpha value is -3.65. The monoisotopic (exact) mass is 521 g/mol. The third kappa shape index (κ3) is 6.98. The van der Waals surface area contributed by atoms with Crippen molar-refractivity contribution >= 4 is 27.5 Å². The zero-order valence-corrected chi connectivity index (χ0v) is 22.7. The van der Waals surface area contributed by atoms with Gasteiger partial charge < -0.3 is 10.2 Å². The summed E-state index contributed by atoms with van der Waals surface area (Å²) < 4.78 is 28.6. The zero-order chi connectivity index (χ0) is 27.0. The van der Waals surface area contributed by atoms with Gasteiger partial charge in [0.05, 0.1) is 10.6 Å². The molecule has 1 atom stereocenters. The molecule has 7 nitrogen and oxygen atoms in total. The van der Waals surface area contributed by atoms with Gasteiger partial charge in [-0.3, -0.25) is 13.9 Å². The predicted molar refractivity (Wildman–Crippen MR) is 147 cm³/mol. The van der Waals surface area contributed by atoms with Gasteiger partial charge in [-0.2, -0.15) is 0 Å². The van der Waals surface area contributed by atoms with E-state index in [9.17, 15) is 18.0 Å². The average Bonchev–Trinajstić information content (AvgIpc) is 2.89. The van der Waals surface area contributed by atoms with Crippen molar-refractivity contribution in [3.05, 3.63) is 95.6 Å². The predicted octanol–water partition coefficient (Wildman–Crippen LogP) is 4.44. The number of hydrogen-bond acceptors (Lipinski definition) is 4. The first-order chi connectivity index (χ1) is 17.7. The number of carbonyl (C=O) groups is 2. The smallest absolute Gasteiger partial charge is 0.264 e. The number of sulfonamides is 1. The molecule has 0 aliphatic rings. The number of carbonyl (C=O) groups excluding carboxylic acids is 2. The molecule has 0 bridgehead atoms. The fourth-order valence-electron chi connectivity index (χ4n) is 4.06. The number of nitrogens with zero attached hydrogens (tertiary/aromatic N) is 2. The Morgan fingerprint density at radius 2 is 1.41 bits per heavy atom. The van der Waals surface area contributed by atoms with E-state index >= 15 is 0 Å². The maximum absolute atomic E-state index is 13.9. The van der Waals surface area contributed by atoms with E-state index in [1.807, 2.05) is 52.0 Å². The molecule has 0 spiro atoms. The Morgan fingerprint density at radius 1 is 0.838 bits per heavy atom. The molecule has 0 saturated heterocycles. The summed E-state index contributed by atoms with van der Waals surface area (Å²) >= 11 is 0. The largest absolute Gasteiger partial charge is 0.355 e. The third-order valence-electron chi connectivity index (χ3n) is 6.14. The Labute approximate surface area is 220 Å². The van der Waals surface area contributed by atoms with E-state index in [2.05, 4.69) is 5.32 Å². The molecule has 0 radical (unpaired) electrons. The molecule has 0 aliphatic heterocycles. The third-order valence-corrected chi connectivity index (χ3v) is 7.93. The summed E-state index contributed by atoms with van der Waals surface area (Å²) in [5, 5.41) is 2.81. The molecular weight excluding hydrogens is 486 g/mol. The minimum atomic E-state index is -4.05. The van der Waals surface area contributed by atoms with Crippen molar-refractivity contribution in [3.8, 4) is 0 Å². The molecule has 2 amide bonds. The van der Waals surface area contributed by atoms with Gasteiger partial charge in [0.25, 0.3) is 10.0 Å². The molecule has 37 heavy (non-hydrogen) atoms. The molecule has 1 unspecified atom stereocenters. The highest BCUT2D eigenvalue weighted by Crippen LogP contribution is 2.25. The summed E-state index contributed by atoms with van der Waals surface area (Å²) in [5.74, 6) is -0.725. The van der Waals surface area contributed by atoms with E-state index in [0.717, 1.165) is 21.0 Å². The fraction of sp³-hybridized carbons (Fsp3) is 0.310. The van der Waals surface area contributed by atoms with Gasteiger partial charge in [0.1, 0.15) is 12.6 Å². The summed E-state index contributed by atoms with van der Waals surface area (Å²) in [6, 6.07) is 22.0. The highest BCUT2D eigenvalue weighted by Gasteiger charge is 2.33. The van der Waals surface area contributed by atoms with E-state index < -0.39 is 28.5 Å². The minimum absolute atomic E-state index is 0.0872. The lowest BCUT2D eigenvalue weighted by molar-refractivity contribution is -0.140. The van der Waals surface area contributed by atoms with Crippen molar-refractivity contribution in [2.45, 2.75) is 51.6 Å². The van der Waals surface area contributed by atoms with Crippen LogP contribution in [0.4, 0.5) is 5.69 Å². The van der Waals surface area contributed by atoms with Crippen molar-refractivity contribution in [2.75, 3.05) is 17.4 Å². The van der Waals surface area contributed by atoms with Gasteiger partial charge >= 0.3 is 0 Å². The summed E-state index contributed by atoms with van der Waals surface area (Å²) in [5.41, 5.74) is 3.28. The van der Waals surface area contributed by atoms with Gasteiger partial charge in [0.15, 0.2) is 0 Å². The Morgan fingerprint density at radius 3 is 1.95 bits per heavy atom. The van der Waals surface area contributed by atoms with Crippen molar-refractivity contribution in [2.24, 2.45) is 0 Å². The van der Waals surface area contributed by atoms with Crippen LogP contribution in [0.2, 0.25) is 0 Å². The van der Waals surface area contributed by atoms with Crippen LogP contribution in [0.3, 0.4) is 0 Å². The second-order valence-corrected chi connectivity index (χ2v) is 10.8. The van der Waals surface area contributed by atoms with Gasteiger partial charge in [-0.1, -0.05) is 72.6 Å². The summed E-state index contributed by atoms with van der Waals surface area (Å²) in [6.07, 6.45) is 0.388. The van der Waals surface area contributed by atoms with Gasteiger partial charge in [-0.25, -0.2) is 8.42 Å². The molecule has 0 saturated carbocycles. The van der Waals surface area contributed by atoms with Crippen LogP contribution >= 0.6 is 0 Å². The number of aryl methyl sites for hydroxylation is 2. The van der Waals surface area contributed by atoms with Crippen molar-refractivity contribution in [1.29, 1.82) is 0 Å². The van der Waals surface area contributed by atoms with Crippen LogP contribution in [-0.4, -0.2) is 44.3 Å². The standard InChI is InChI=1S/C29H35N3O4S/c1-5-27(29(34)30-6-2)31(20-24-16-12-22(3)13-17-24)28(33)21-32(25-18-14-23(4)15-19-25)37(35,36)26-10-8-7-9-11-26/h7-19,27H,5-6,20-21H2,1-4H3,(H,30,34). The molecule has 1 N–H and O–H groups in total. The van der Waals surface area contributed by atoms with Crippen molar-refractivity contribution < 1.29 is 18.0 Å². The molecule has 196 valence electrons. The van der Waals surface area contributed by atoms with Gasteiger partial charge in [0, 0.05) is 13.1 Å². The Bertz CT molecular complexity index is 1290. The molecule has 3 rings (SSSR count). The first-order valence-corrected chi connectivity index (χ1v) is 13.9. The molecule has 3 aromatic carbocycles. The second-order valence-electron chi connectivity index (χ2n) is 8.99. The maximum Gasteiger partial charge on any atom is 0.264 e. The minimum Gasteiger partial charge on any atom is -0.355 e. The molecule has 0 fully saturated rings. The quantitative estimate of drug-likeness (QED) is 0.404. The van der Waals surface area contributed by atoms with E-state index in [1.54, 1.807) is 42.5 Å². The number of anilines is 1. The van der Waals surface area contributed by atoms with Crippen molar-refractivity contribution in [3.63, 3.8) is 0 Å². The van der Waals surface area contributed by atoms with Crippen LogP contribution in [0.25, 0.3) is 0 Å². The van der Waals surface area contributed by atoms with Crippen LogP contribution in [0.15, 0.2) is 83.8 Å². The highest BCUT2D eigenvalue weighted by atomic mass is 32.2. The van der Waals surface area contributed by atoms with Crippen LogP contribution in [-0.2, 0) is 26.2 Å². The lowest BCUT2D eigenvalue weighted by Crippen LogP contribution is -2.52. The number of benzene rings is 3. The Kier molecular flexibility index (Phi) is 9.47. The summed E-state index contributed by atoms with van der Waals surface area (Å²) in [6.45, 7) is 7.72. The summed E-state index contributed by atoms with van der Waals surface area (Å²) in [4.78, 5) is 28.4. The van der Waals surface area contributed by atoms with Crippen LogP contribution in [0, 0.1) is 13.8 Å². The van der Waals surface area contributed by atoms with E-state index in [4.69, 9.17) is 0 Å². The van der Waals surface area contributed by atoms with Crippen LogP contribution in [0.1, 0.15) is 37.0 Å². The first-order valence-electron chi connectivity index (χ1n) is 12.4. The van der Waals surface area contributed by atoms with E-state index in [0.29, 0.717) is 18.7 Å². The number of nitrogens with one attached hydrogen (secondary N) is 1. The molecule has 0 heterocycles. The van der Waals surface area contributed by atoms with Crippen molar-refractivity contribution in [1.82, 2.24) is 10.2 Å². The SMILES string of the molecule is CCNC(=O)C(CC)N(Cc1ccc(C)cc1)C(=O)CN(c1ccc(C)cc1)S(=O)(=O)c1ccccc1. The molecule has 0 aliphatic carbocycles. The fourth-order valence-corrected chi connectivity index (χ4v) is 5.50. The first kappa shape index (κ1) is 27.9. The topological polar surface area (TPSA) is 86.8 Å². The molecule has 3 aromatic rings. The lowest BCUT2D eigenvalue weighted by Gasteiger charge is -2.33. The lowest BCUT2D eigenvalue weighted by atomic mass is 10.1.